The second-order valence-electron chi connectivity index (χ2n) is 8.12. The highest BCUT2D eigenvalue weighted by Crippen LogP contribution is 2.35. The first kappa shape index (κ1) is 19.7. The summed E-state index contributed by atoms with van der Waals surface area (Å²) in [7, 11) is 0. The molecule has 1 aromatic carbocycles. The van der Waals surface area contributed by atoms with E-state index in [-0.39, 0.29) is 12.0 Å². The van der Waals surface area contributed by atoms with Gasteiger partial charge in [0.15, 0.2) is 0 Å². The molecule has 1 unspecified atom stereocenters. The maximum absolute atomic E-state index is 13.3. The standard InChI is InChI=1S/C22H32N2O4/c25-21(22(10-2-1-3-11-22)24-12-15-26-16-13-24)23-18-6-8-19(9-7-18)28-17-20-5-4-14-27-20/h6-9,20H,1-5,10-17H2,(H,23,25). The average Bonchev–Trinajstić information content (AvgIpc) is 3.28. The molecule has 1 saturated carbocycles. The van der Waals surface area contributed by atoms with Crippen LogP contribution in [0.4, 0.5) is 5.69 Å². The molecule has 1 amide bonds. The first-order valence-corrected chi connectivity index (χ1v) is 10.7. The van der Waals surface area contributed by atoms with Gasteiger partial charge in [-0.05, 0) is 49.9 Å². The third kappa shape index (κ3) is 4.50. The van der Waals surface area contributed by atoms with Gasteiger partial charge in [0.1, 0.15) is 17.9 Å². The van der Waals surface area contributed by atoms with E-state index >= 15 is 0 Å². The van der Waals surface area contributed by atoms with Crippen molar-refractivity contribution in [2.75, 3.05) is 44.8 Å². The molecule has 2 aliphatic heterocycles. The molecule has 6 nitrogen and oxygen atoms in total. The minimum Gasteiger partial charge on any atom is -0.491 e. The van der Waals surface area contributed by atoms with E-state index < -0.39 is 5.54 Å². The number of anilines is 1. The number of nitrogens with zero attached hydrogens (tertiary/aromatic N) is 1. The van der Waals surface area contributed by atoms with Gasteiger partial charge in [0.2, 0.25) is 5.91 Å². The van der Waals surface area contributed by atoms with E-state index in [1.807, 2.05) is 24.3 Å². The monoisotopic (exact) mass is 388 g/mol. The van der Waals surface area contributed by atoms with Gasteiger partial charge < -0.3 is 19.5 Å². The Kier molecular flexibility index (Phi) is 6.50. The molecular formula is C22H32N2O4. The molecule has 1 aromatic rings. The summed E-state index contributed by atoms with van der Waals surface area (Å²) < 4.78 is 16.9. The van der Waals surface area contributed by atoms with Gasteiger partial charge in [-0.1, -0.05) is 19.3 Å². The highest BCUT2D eigenvalue weighted by molar-refractivity contribution is 5.98. The second kappa shape index (κ2) is 9.25. The molecule has 0 aromatic heterocycles. The van der Waals surface area contributed by atoms with Gasteiger partial charge in [-0.2, -0.15) is 0 Å². The van der Waals surface area contributed by atoms with Crippen LogP contribution in [0.3, 0.4) is 0 Å². The maximum Gasteiger partial charge on any atom is 0.244 e. The number of carbonyl (C=O) groups is 1. The van der Waals surface area contributed by atoms with Crippen LogP contribution in [0, 0.1) is 0 Å². The van der Waals surface area contributed by atoms with Crippen molar-refractivity contribution in [2.24, 2.45) is 0 Å². The Balaban J connectivity index is 1.37. The summed E-state index contributed by atoms with van der Waals surface area (Å²) in [6, 6.07) is 7.71. The molecule has 4 rings (SSSR count). The van der Waals surface area contributed by atoms with E-state index in [4.69, 9.17) is 14.2 Å². The number of rotatable bonds is 6. The Labute approximate surface area is 167 Å². The lowest BCUT2D eigenvalue weighted by molar-refractivity contribution is -0.134. The molecule has 0 spiro atoms. The smallest absolute Gasteiger partial charge is 0.244 e. The fourth-order valence-electron chi connectivity index (χ4n) is 4.66. The number of morpholine rings is 1. The molecule has 3 aliphatic rings. The van der Waals surface area contributed by atoms with Gasteiger partial charge in [-0.15, -0.1) is 0 Å². The van der Waals surface area contributed by atoms with E-state index in [9.17, 15) is 4.79 Å². The van der Waals surface area contributed by atoms with Crippen molar-refractivity contribution in [2.45, 2.75) is 56.6 Å². The van der Waals surface area contributed by atoms with Crippen molar-refractivity contribution >= 4 is 11.6 Å². The SMILES string of the molecule is O=C(Nc1ccc(OCC2CCCO2)cc1)C1(N2CCOCC2)CCCCC1. The topological polar surface area (TPSA) is 60.0 Å². The minimum absolute atomic E-state index is 0.127. The zero-order chi connectivity index (χ0) is 19.2. The van der Waals surface area contributed by atoms with Crippen LogP contribution in [0.2, 0.25) is 0 Å². The number of hydrogen-bond acceptors (Lipinski definition) is 5. The minimum atomic E-state index is -0.392. The molecule has 6 heteroatoms. The molecule has 1 N–H and O–H groups in total. The number of amides is 1. The summed E-state index contributed by atoms with van der Waals surface area (Å²) in [4.78, 5) is 15.7. The van der Waals surface area contributed by atoms with Crippen LogP contribution in [0.1, 0.15) is 44.9 Å². The summed E-state index contributed by atoms with van der Waals surface area (Å²) in [5.74, 6) is 0.941. The molecule has 1 atom stereocenters. The van der Waals surface area contributed by atoms with Crippen LogP contribution in [-0.4, -0.2) is 62.0 Å². The fraction of sp³-hybridized carbons (Fsp3) is 0.682. The van der Waals surface area contributed by atoms with Crippen LogP contribution in [0.15, 0.2) is 24.3 Å². The van der Waals surface area contributed by atoms with E-state index in [1.54, 1.807) is 0 Å². The molecule has 0 radical (unpaired) electrons. The Morgan fingerprint density at radius 3 is 2.50 bits per heavy atom. The number of hydrogen-bond donors (Lipinski definition) is 1. The van der Waals surface area contributed by atoms with Gasteiger partial charge in [0, 0.05) is 25.4 Å². The summed E-state index contributed by atoms with van der Waals surface area (Å²) in [5.41, 5.74) is 0.435. The summed E-state index contributed by atoms with van der Waals surface area (Å²) >= 11 is 0. The van der Waals surface area contributed by atoms with Crippen LogP contribution < -0.4 is 10.1 Å². The Bertz CT molecular complexity index is 630. The third-order valence-corrected chi connectivity index (χ3v) is 6.29. The van der Waals surface area contributed by atoms with Crippen LogP contribution >= 0.6 is 0 Å². The summed E-state index contributed by atoms with van der Waals surface area (Å²) in [5, 5.41) is 3.17. The van der Waals surface area contributed by atoms with Crippen LogP contribution in [0.5, 0.6) is 5.75 Å². The van der Waals surface area contributed by atoms with Crippen molar-refractivity contribution < 1.29 is 19.0 Å². The number of ether oxygens (including phenoxy) is 3. The van der Waals surface area contributed by atoms with Crippen molar-refractivity contribution in [3.05, 3.63) is 24.3 Å². The average molecular weight is 389 g/mol. The van der Waals surface area contributed by atoms with E-state index in [0.29, 0.717) is 19.8 Å². The molecule has 3 fully saturated rings. The van der Waals surface area contributed by atoms with Gasteiger partial charge >= 0.3 is 0 Å². The van der Waals surface area contributed by atoms with E-state index in [2.05, 4.69) is 10.2 Å². The Morgan fingerprint density at radius 2 is 1.82 bits per heavy atom. The van der Waals surface area contributed by atoms with Crippen molar-refractivity contribution in [3.63, 3.8) is 0 Å². The van der Waals surface area contributed by atoms with Gasteiger partial charge in [0.25, 0.3) is 0 Å². The zero-order valence-corrected chi connectivity index (χ0v) is 16.7. The van der Waals surface area contributed by atoms with Gasteiger partial charge in [0.05, 0.1) is 19.3 Å². The van der Waals surface area contributed by atoms with E-state index in [0.717, 1.165) is 69.7 Å². The zero-order valence-electron chi connectivity index (χ0n) is 16.7. The third-order valence-electron chi connectivity index (χ3n) is 6.29. The number of nitrogens with one attached hydrogen (secondary N) is 1. The highest BCUT2D eigenvalue weighted by Gasteiger charge is 2.45. The lowest BCUT2D eigenvalue weighted by Gasteiger charge is -2.46. The largest absolute Gasteiger partial charge is 0.491 e. The second-order valence-corrected chi connectivity index (χ2v) is 8.12. The number of carbonyl (C=O) groups excluding carboxylic acids is 1. The van der Waals surface area contributed by atoms with Crippen LogP contribution in [-0.2, 0) is 14.3 Å². The lowest BCUT2D eigenvalue weighted by atomic mass is 9.79. The van der Waals surface area contributed by atoms with Crippen molar-refractivity contribution in [1.29, 1.82) is 0 Å². The predicted octanol–water partition coefficient (Wildman–Crippen LogP) is 3.22. The Hall–Kier alpha value is -1.63. The molecule has 1 aliphatic carbocycles. The van der Waals surface area contributed by atoms with Gasteiger partial charge in [-0.25, -0.2) is 0 Å². The van der Waals surface area contributed by atoms with Gasteiger partial charge in [-0.3, -0.25) is 9.69 Å². The highest BCUT2D eigenvalue weighted by atomic mass is 16.5. The summed E-state index contributed by atoms with van der Waals surface area (Å²) in [6.07, 6.45) is 7.70. The quantitative estimate of drug-likeness (QED) is 0.811. The van der Waals surface area contributed by atoms with Crippen molar-refractivity contribution in [3.8, 4) is 5.75 Å². The molecule has 2 saturated heterocycles. The molecule has 0 bridgehead atoms. The summed E-state index contributed by atoms with van der Waals surface area (Å²) in [6.45, 7) is 4.53. The fourth-order valence-corrected chi connectivity index (χ4v) is 4.66. The lowest BCUT2D eigenvalue weighted by Crippen LogP contribution is -2.60. The predicted molar refractivity (Wildman–Crippen MR) is 108 cm³/mol. The molecule has 154 valence electrons. The molecule has 28 heavy (non-hydrogen) atoms. The maximum atomic E-state index is 13.3. The molecule has 2 heterocycles. The van der Waals surface area contributed by atoms with Crippen LogP contribution in [0.25, 0.3) is 0 Å². The Morgan fingerprint density at radius 1 is 1.07 bits per heavy atom. The number of benzene rings is 1. The normalized spacial score (nSPS) is 25.4. The van der Waals surface area contributed by atoms with E-state index in [1.165, 1.54) is 6.42 Å². The molecular weight excluding hydrogens is 356 g/mol. The first-order valence-electron chi connectivity index (χ1n) is 10.7. The first-order chi connectivity index (χ1) is 13.8. The van der Waals surface area contributed by atoms with Crippen molar-refractivity contribution in [1.82, 2.24) is 4.90 Å².